The fraction of sp³-hybridized carbons (Fsp3) is 0.400. The van der Waals surface area contributed by atoms with E-state index in [0.717, 1.165) is 5.56 Å². The van der Waals surface area contributed by atoms with Crippen LogP contribution in [0.15, 0.2) is 18.2 Å². The normalized spacial score (nSPS) is 12.6. The molecule has 0 heterocycles. The molecule has 1 atom stereocenters. The van der Waals surface area contributed by atoms with E-state index in [1.165, 1.54) is 0 Å². The smallest absolute Gasteiger partial charge is 0.137 e. The van der Waals surface area contributed by atoms with Crippen LogP contribution in [0.4, 0.5) is 4.39 Å². The van der Waals surface area contributed by atoms with Gasteiger partial charge in [0.1, 0.15) is 5.75 Å². The minimum Gasteiger partial charge on any atom is -0.495 e. The van der Waals surface area contributed by atoms with Crippen molar-refractivity contribution in [3.8, 4) is 5.75 Å². The van der Waals surface area contributed by atoms with Crippen LogP contribution in [0.2, 0.25) is 5.02 Å². The lowest BCUT2D eigenvalue weighted by Gasteiger charge is -2.09. The third kappa shape index (κ3) is 2.34. The largest absolute Gasteiger partial charge is 0.495 e. The van der Waals surface area contributed by atoms with Crippen molar-refractivity contribution in [3.05, 3.63) is 28.8 Å². The van der Waals surface area contributed by atoms with Crippen molar-refractivity contribution in [1.29, 1.82) is 0 Å². The van der Waals surface area contributed by atoms with Crippen LogP contribution in [0.25, 0.3) is 0 Å². The van der Waals surface area contributed by atoms with Gasteiger partial charge in [0, 0.05) is 5.92 Å². The first-order valence-electron chi connectivity index (χ1n) is 4.08. The highest BCUT2D eigenvalue weighted by atomic mass is 35.5. The van der Waals surface area contributed by atoms with Crippen LogP contribution in [0.5, 0.6) is 5.75 Å². The summed E-state index contributed by atoms with van der Waals surface area (Å²) < 4.78 is 17.3. The number of hydrogen-bond acceptors (Lipinski definition) is 1. The highest BCUT2D eigenvalue weighted by molar-refractivity contribution is 6.32. The van der Waals surface area contributed by atoms with Gasteiger partial charge in [-0.1, -0.05) is 24.6 Å². The van der Waals surface area contributed by atoms with Gasteiger partial charge in [-0.05, 0) is 17.7 Å². The van der Waals surface area contributed by atoms with Crippen molar-refractivity contribution in [2.45, 2.75) is 12.8 Å². The minimum absolute atomic E-state index is 0.108. The molecule has 1 aromatic carbocycles. The zero-order valence-corrected chi connectivity index (χ0v) is 8.44. The molecule has 0 N–H and O–H groups in total. The van der Waals surface area contributed by atoms with Gasteiger partial charge < -0.3 is 4.74 Å². The molecule has 1 nitrogen and oxygen atoms in total. The molecule has 0 aromatic heterocycles. The number of hydrogen-bond donors (Lipinski definition) is 0. The molecule has 0 aliphatic carbocycles. The number of alkyl halides is 1. The Kier molecular flexibility index (Phi) is 3.55. The van der Waals surface area contributed by atoms with E-state index in [1.807, 2.05) is 13.0 Å². The Balaban J connectivity index is 2.95. The second-order valence-corrected chi connectivity index (χ2v) is 3.36. The lowest BCUT2D eigenvalue weighted by Crippen LogP contribution is -1.95. The predicted octanol–water partition coefficient (Wildman–Crippen LogP) is 3.42. The Morgan fingerprint density at radius 1 is 1.54 bits per heavy atom. The van der Waals surface area contributed by atoms with E-state index in [4.69, 9.17) is 16.3 Å². The Hall–Kier alpha value is -0.760. The first-order valence-corrected chi connectivity index (χ1v) is 4.46. The average Bonchev–Trinajstić information content (AvgIpc) is 2.16. The summed E-state index contributed by atoms with van der Waals surface area (Å²) in [6.45, 7) is 1.45. The molecule has 1 aromatic rings. The van der Waals surface area contributed by atoms with Crippen molar-refractivity contribution in [3.63, 3.8) is 0 Å². The summed E-state index contributed by atoms with van der Waals surface area (Å²) >= 11 is 5.88. The molecule has 0 bridgehead atoms. The molecule has 3 heteroatoms. The lowest BCUT2D eigenvalue weighted by molar-refractivity contribution is 0.414. The molecule has 0 saturated carbocycles. The number of benzene rings is 1. The van der Waals surface area contributed by atoms with Gasteiger partial charge in [0.05, 0.1) is 18.8 Å². The molecular weight excluding hydrogens is 191 g/mol. The van der Waals surface area contributed by atoms with Gasteiger partial charge >= 0.3 is 0 Å². The van der Waals surface area contributed by atoms with Crippen LogP contribution in [-0.2, 0) is 0 Å². The summed E-state index contributed by atoms with van der Waals surface area (Å²) in [4.78, 5) is 0. The highest BCUT2D eigenvalue weighted by Gasteiger charge is 2.07. The van der Waals surface area contributed by atoms with Crippen LogP contribution in [0.3, 0.4) is 0 Å². The number of ether oxygens (including phenoxy) is 1. The first kappa shape index (κ1) is 10.3. The molecular formula is C10H12ClFO. The third-order valence-corrected chi connectivity index (χ3v) is 2.27. The fourth-order valence-corrected chi connectivity index (χ4v) is 1.34. The molecule has 72 valence electrons. The van der Waals surface area contributed by atoms with E-state index in [-0.39, 0.29) is 12.6 Å². The quantitative estimate of drug-likeness (QED) is 0.730. The van der Waals surface area contributed by atoms with Crippen LogP contribution in [-0.4, -0.2) is 13.8 Å². The maximum absolute atomic E-state index is 12.3. The molecule has 0 aliphatic rings. The molecule has 1 rings (SSSR count). The fourth-order valence-electron chi connectivity index (χ4n) is 1.08. The summed E-state index contributed by atoms with van der Waals surface area (Å²) in [5.74, 6) is 0.514. The maximum atomic E-state index is 12.3. The second kappa shape index (κ2) is 4.47. The summed E-state index contributed by atoms with van der Waals surface area (Å²) in [5, 5.41) is 0.528. The topological polar surface area (TPSA) is 9.23 Å². The van der Waals surface area contributed by atoms with E-state index in [1.54, 1.807) is 19.2 Å². The Bertz CT molecular complexity index is 288. The summed E-state index contributed by atoms with van der Waals surface area (Å²) in [7, 11) is 1.56. The van der Waals surface area contributed by atoms with E-state index in [2.05, 4.69) is 0 Å². The number of halogens is 2. The van der Waals surface area contributed by atoms with Crippen molar-refractivity contribution in [2.75, 3.05) is 13.8 Å². The number of methoxy groups -OCH3 is 1. The zero-order valence-electron chi connectivity index (χ0n) is 7.68. The molecule has 0 radical (unpaired) electrons. The van der Waals surface area contributed by atoms with E-state index in [9.17, 15) is 4.39 Å². The average molecular weight is 203 g/mol. The predicted molar refractivity (Wildman–Crippen MR) is 52.4 cm³/mol. The first-order chi connectivity index (χ1) is 6.19. The number of rotatable bonds is 3. The van der Waals surface area contributed by atoms with Crippen molar-refractivity contribution < 1.29 is 9.13 Å². The van der Waals surface area contributed by atoms with Crippen LogP contribution >= 0.6 is 11.6 Å². The van der Waals surface area contributed by atoms with Crippen molar-refractivity contribution in [2.24, 2.45) is 0 Å². The minimum atomic E-state index is -0.372. The molecule has 1 unspecified atom stereocenters. The Labute approximate surface area is 82.5 Å². The van der Waals surface area contributed by atoms with Crippen LogP contribution < -0.4 is 4.74 Å². The maximum Gasteiger partial charge on any atom is 0.137 e. The third-order valence-electron chi connectivity index (χ3n) is 1.98. The van der Waals surface area contributed by atoms with Gasteiger partial charge in [-0.3, -0.25) is 4.39 Å². The van der Waals surface area contributed by atoms with Gasteiger partial charge in [-0.15, -0.1) is 0 Å². The van der Waals surface area contributed by atoms with E-state index >= 15 is 0 Å². The lowest BCUT2D eigenvalue weighted by atomic mass is 10.0. The van der Waals surface area contributed by atoms with Gasteiger partial charge in [0.15, 0.2) is 0 Å². The van der Waals surface area contributed by atoms with Crippen LogP contribution in [0.1, 0.15) is 18.4 Å². The Morgan fingerprint density at radius 3 is 2.69 bits per heavy atom. The molecule has 0 spiro atoms. The summed E-state index contributed by atoms with van der Waals surface area (Å²) in [5.41, 5.74) is 0.897. The van der Waals surface area contributed by atoms with E-state index in [0.29, 0.717) is 10.8 Å². The molecule has 0 fully saturated rings. The monoisotopic (exact) mass is 202 g/mol. The molecule has 0 amide bonds. The molecule has 0 aliphatic heterocycles. The van der Waals surface area contributed by atoms with Gasteiger partial charge in [-0.25, -0.2) is 0 Å². The van der Waals surface area contributed by atoms with Gasteiger partial charge in [-0.2, -0.15) is 0 Å². The van der Waals surface area contributed by atoms with Crippen molar-refractivity contribution in [1.82, 2.24) is 0 Å². The van der Waals surface area contributed by atoms with E-state index < -0.39 is 0 Å². The zero-order chi connectivity index (χ0) is 9.84. The standard InChI is InChI=1S/C10H12ClFO/c1-7(6-12)8-3-4-10(13-2)9(11)5-8/h3-5,7H,6H2,1-2H3. The summed E-state index contributed by atoms with van der Waals surface area (Å²) in [6, 6.07) is 5.32. The van der Waals surface area contributed by atoms with Gasteiger partial charge in [0.25, 0.3) is 0 Å². The summed E-state index contributed by atoms with van der Waals surface area (Å²) in [6.07, 6.45) is 0. The highest BCUT2D eigenvalue weighted by Crippen LogP contribution is 2.28. The van der Waals surface area contributed by atoms with Gasteiger partial charge in [0.2, 0.25) is 0 Å². The van der Waals surface area contributed by atoms with Crippen LogP contribution in [0, 0.1) is 0 Å². The molecule has 0 saturated heterocycles. The van der Waals surface area contributed by atoms with Crippen molar-refractivity contribution >= 4 is 11.6 Å². The second-order valence-electron chi connectivity index (χ2n) is 2.95. The Morgan fingerprint density at radius 2 is 2.23 bits per heavy atom. The molecule has 13 heavy (non-hydrogen) atoms. The SMILES string of the molecule is COc1ccc(C(C)CF)cc1Cl.